The highest BCUT2D eigenvalue weighted by Crippen LogP contribution is 2.24. The van der Waals surface area contributed by atoms with Crippen LogP contribution in [0.25, 0.3) is 0 Å². The summed E-state index contributed by atoms with van der Waals surface area (Å²) in [5.41, 5.74) is 2.31. The van der Waals surface area contributed by atoms with Gasteiger partial charge < -0.3 is 9.47 Å². The molecule has 0 saturated heterocycles. The molecule has 0 saturated carbocycles. The number of rotatable bonds is 8. The first-order valence-electron chi connectivity index (χ1n) is 9.01. The maximum absolute atomic E-state index is 12.6. The number of aryl methyl sites for hydroxylation is 1. The van der Waals surface area contributed by atoms with E-state index in [0.29, 0.717) is 30.4 Å². The van der Waals surface area contributed by atoms with E-state index in [1.165, 1.54) is 6.07 Å². The number of benzene rings is 3. The Labute approximate surface area is 166 Å². The van der Waals surface area contributed by atoms with Gasteiger partial charge in [0.1, 0.15) is 18.1 Å². The quantitative estimate of drug-likeness (QED) is 0.594. The van der Waals surface area contributed by atoms with Gasteiger partial charge in [0.15, 0.2) is 0 Å². The van der Waals surface area contributed by atoms with E-state index in [1.807, 2.05) is 44.2 Å². The topological polar surface area (TPSA) is 64.6 Å². The first-order chi connectivity index (χ1) is 13.5. The van der Waals surface area contributed by atoms with Crippen molar-refractivity contribution in [2.24, 2.45) is 0 Å². The Balaban J connectivity index is 1.66. The molecule has 0 aliphatic heterocycles. The van der Waals surface area contributed by atoms with Crippen LogP contribution in [-0.4, -0.2) is 15.0 Å². The highest BCUT2D eigenvalue weighted by atomic mass is 32.2. The van der Waals surface area contributed by atoms with Crippen molar-refractivity contribution in [1.82, 2.24) is 0 Å². The molecule has 0 spiro atoms. The van der Waals surface area contributed by atoms with Crippen molar-refractivity contribution in [3.63, 3.8) is 0 Å². The molecule has 0 heterocycles. The van der Waals surface area contributed by atoms with E-state index >= 15 is 0 Å². The van der Waals surface area contributed by atoms with Crippen LogP contribution in [0.1, 0.15) is 18.1 Å². The monoisotopic (exact) mass is 397 g/mol. The third kappa shape index (κ3) is 5.04. The van der Waals surface area contributed by atoms with Crippen LogP contribution in [-0.2, 0) is 16.6 Å². The van der Waals surface area contributed by atoms with Gasteiger partial charge in [0.2, 0.25) is 0 Å². The van der Waals surface area contributed by atoms with Crippen molar-refractivity contribution in [3.05, 3.63) is 83.9 Å². The summed E-state index contributed by atoms with van der Waals surface area (Å²) in [5.74, 6) is 1.35. The van der Waals surface area contributed by atoms with Gasteiger partial charge in [0.05, 0.1) is 11.5 Å². The Bertz CT molecular complexity index is 1020. The van der Waals surface area contributed by atoms with E-state index in [1.54, 1.807) is 36.4 Å². The summed E-state index contributed by atoms with van der Waals surface area (Å²) >= 11 is 0. The predicted octanol–water partition coefficient (Wildman–Crippen LogP) is 4.77. The molecule has 0 fully saturated rings. The minimum Gasteiger partial charge on any atom is -0.494 e. The highest BCUT2D eigenvalue weighted by Gasteiger charge is 2.16. The molecule has 0 radical (unpaired) electrons. The molecule has 0 aliphatic carbocycles. The van der Waals surface area contributed by atoms with Gasteiger partial charge in [-0.1, -0.05) is 30.3 Å². The molecule has 3 aromatic carbocycles. The maximum atomic E-state index is 12.6. The van der Waals surface area contributed by atoms with Crippen LogP contribution in [0, 0.1) is 6.92 Å². The average Bonchev–Trinajstić information content (AvgIpc) is 2.69. The van der Waals surface area contributed by atoms with Gasteiger partial charge in [-0.2, -0.15) is 0 Å². The number of sulfonamides is 1. The Morgan fingerprint density at radius 2 is 1.61 bits per heavy atom. The lowest BCUT2D eigenvalue weighted by Crippen LogP contribution is -2.13. The minimum atomic E-state index is -3.68. The lowest BCUT2D eigenvalue weighted by molar-refractivity contribution is 0.306. The van der Waals surface area contributed by atoms with E-state index in [2.05, 4.69) is 4.72 Å². The third-order valence-electron chi connectivity index (χ3n) is 4.11. The Hall–Kier alpha value is -2.99. The molecule has 28 heavy (non-hydrogen) atoms. The first kappa shape index (κ1) is 19.8. The lowest BCUT2D eigenvalue weighted by Gasteiger charge is -2.12. The number of hydrogen-bond donors (Lipinski definition) is 1. The van der Waals surface area contributed by atoms with Gasteiger partial charge >= 0.3 is 0 Å². The molecule has 146 valence electrons. The van der Waals surface area contributed by atoms with Crippen LogP contribution in [0.2, 0.25) is 0 Å². The summed E-state index contributed by atoms with van der Waals surface area (Å²) in [7, 11) is -3.68. The van der Waals surface area contributed by atoms with E-state index in [0.717, 1.165) is 11.1 Å². The lowest BCUT2D eigenvalue weighted by atomic mass is 10.2. The zero-order valence-corrected chi connectivity index (χ0v) is 16.7. The van der Waals surface area contributed by atoms with Gasteiger partial charge in [-0.05, 0) is 67.4 Å². The van der Waals surface area contributed by atoms with Gasteiger partial charge in [0.25, 0.3) is 10.0 Å². The molecule has 1 N–H and O–H groups in total. The minimum absolute atomic E-state index is 0.192. The average molecular weight is 397 g/mol. The second kappa shape index (κ2) is 8.80. The fourth-order valence-electron chi connectivity index (χ4n) is 2.68. The number of anilines is 1. The van der Waals surface area contributed by atoms with Crippen molar-refractivity contribution in [2.45, 2.75) is 25.3 Å². The highest BCUT2D eigenvalue weighted by molar-refractivity contribution is 7.92. The maximum Gasteiger partial charge on any atom is 0.261 e. The van der Waals surface area contributed by atoms with Crippen molar-refractivity contribution in [2.75, 3.05) is 11.3 Å². The molecule has 3 aromatic rings. The Morgan fingerprint density at radius 1 is 0.893 bits per heavy atom. The van der Waals surface area contributed by atoms with Crippen LogP contribution in [0.15, 0.2) is 77.7 Å². The molecule has 0 aliphatic rings. The molecule has 0 unspecified atom stereocenters. The molecular weight excluding hydrogens is 374 g/mol. The van der Waals surface area contributed by atoms with Crippen molar-refractivity contribution in [3.8, 4) is 11.5 Å². The Morgan fingerprint density at radius 3 is 2.25 bits per heavy atom. The van der Waals surface area contributed by atoms with E-state index in [-0.39, 0.29) is 4.90 Å². The second-order valence-corrected chi connectivity index (χ2v) is 7.95. The van der Waals surface area contributed by atoms with Crippen molar-refractivity contribution >= 4 is 15.7 Å². The summed E-state index contributed by atoms with van der Waals surface area (Å²) in [6.07, 6.45) is 0. The third-order valence-corrected chi connectivity index (χ3v) is 5.49. The summed E-state index contributed by atoms with van der Waals surface area (Å²) in [5, 5.41) is 0. The zero-order chi connectivity index (χ0) is 20.0. The molecule has 5 nitrogen and oxygen atoms in total. The van der Waals surface area contributed by atoms with Crippen molar-refractivity contribution in [1.29, 1.82) is 0 Å². The molecule has 0 amide bonds. The van der Waals surface area contributed by atoms with E-state index in [9.17, 15) is 8.42 Å². The van der Waals surface area contributed by atoms with Crippen LogP contribution in [0.4, 0.5) is 5.69 Å². The predicted molar refractivity (Wildman–Crippen MR) is 110 cm³/mol. The second-order valence-electron chi connectivity index (χ2n) is 6.26. The first-order valence-corrected chi connectivity index (χ1v) is 10.5. The van der Waals surface area contributed by atoms with Gasteiger partial charge in [-0.25, -0.2) is 8.42 Å². The SMILES string of the molecule is CCOc1ccc(S(=O)(=O)Nc2ccc(OCc3ccccc3)cc2)cc1C. The summed E-state index contributed by atoms with van der Waals surface area (Å²) in [4.78, 5) is 0.192. The number of ether oxygens (including phenoxy) is 2. The van der Waals surface area contributed by atoms with E-state index in [4.69, 9.17) is 9.47 Å². The smallest absolute Gasteiger partial charge is 0.261 e. The van der Waals surface area contributed by atoms with Crippen LogP contribution in [0.3, 0.4) is 0 Å². The van der Waals surface area contributed by atoms with Crippen LogP contribution >= 0.6 is 0 Å². The van der Waals surface area contributed by atoms with Crippen LogP contribution < -0.4 is 14.2 Å². The number of hydrogen-bond acceptors (Lipinski definition) is 4. The summed E-state index contributed by atoms with van der Waals surface area (Å²) in [6.45, 7) is 4.70. The van der Waals surface area contributed by atoms with Gasteiger partial charge in [-0.15, -0.1) is 0 Å². The fraction of sp³-hybridized carbons (Fsp3) is 0.182. The van der Waals surface area contributed by atoms with Gasteiger partial charge in [0, 0.05) is 5.69 Å². The summed E-state index contributed by atoms with van der Waals surface area (Å²) in [6, 6.07) is 21.5. The van der Waals surface area contributed by atoms with Crippen LogP contribution in [0.5, 0.6) is 11.5 Å². The van der Waals surface area contributed by atoms with Gasteiger partial charge in [-0.3, -0.25) is 4.72 Å². The largest absolute Gasteiger partial charge is 0.494 e. The molecule has 0 bridgehead atoms. The fourth-order valence-corrected chi connectivity index (χ4v) is 3.82. The van der Waals surface area contributed by atoms with Crippen molar-refractivity contribution < 1.29 is 17.9 Å². The standard InChI is InChI=1S/C22H23NO4S/c1-3-26-22-14-13-21(15-17(22)2)28(24,25)23-19-9-11-20(12-10-19)27-16-18-7-5-4-6-8-18/h4-15,23H,3,16H2,1-2H3. The molecule has 0 aromatic heterocycles. The summed E-state index contributed by atoms with van der Waals surface area (Å²) < 4.78 is 39.0. The molecule has 6 heteroatoms. The zero-order valence-electron chi connectivity index (χ0n) is 15.9. The molecular formula is C22H23NO4S. The molecule has 0 atom stereocenters. The number of nitrogens with one attached hydrogen (secondary N) is 1. The normalized spacial score (nSPS) is 11.1. The van der Waals surface area contributed by atoms with E-state index < -0.39 is 10.0 Å². The molecule has 3 rings (SSSR count). The Kier molecular flexibility index (Phi) is 6.21.